The van der Waals surface area contributed by atoms with Gasteiger partial charge in [-0.2, -0.15) is 0 Å². The Morgan fingerprint density at radius 1 is 1.32 bits per heavy atom. The van der Waals surface area contributed by atoms with Crippen LogP contribution in [0, 0.1) is 0 Å². The van der Waals surface area contributed by atoms with Crippen molar-refractivity contribution in [3.05, 3.63) is 36.1 Å². The van der Waals surface area contributed by atoms with Gasteiger partial charge in [0.1, 0.15) is 18.5 Å². The number of nitrogens with zero attached hydrogens (tertiary/aromatic N) is 1. The van der Waals surface area contributed by atoms with Gasteiger partial charge in [-0.05, 0) is 6.07 Å². The molecule has 0 bridgehead atoms. The number of fused-ring (bicyclic) bond motifs is 1. The minimum atomic E-state index is -0.146. The Morgan fingerprint density at radius 2 is 2.16 bits per heavy atom. The van der Waals surface area contributed by atoms with Crippen molar-refractivity contribution in [2.24, 2.45) is 0 Å². The highest BCUT2D eigenvalue weighted by Crippen LogP contribution is 2.21. The fraction of sp³-hybridized carbons (Fsp3) is 0.286. The Balaban J connectivity index is 1.82. The molecule has 0 N–H and O–H groups in total. The normalized spacial score (nSPS) is 16.0. The second-order valence-electron chi connectivity index (χ2n) is 4.44. The third-order valence-electron chi connectivity index (χ3n) is 3.20. The van der Waals surface area contributed by atoms with Gasteiger partial charge in [-0.25, -0.2) is 0 Å². The number of amides is 1. The largest absolute Gasteiger partial charge is 0.464 e. The number of para-hydroxylation sites is 1. The predicted octanol–water partition coefficient (Wildman–Crippen LogP) is 1.47. The molecule has 2 heterocycles. The van der Waals surface area contributed by atoms with Gasteiger partial charge in [-0.1, -0.05) is 18.2 Å². The number of Topliss-reactive ketones (excluding diaryl/α,β-unsaturated/α-hetero) is 1. The van der Waals surface area contributed by atoms with Crippen LogP contribution in [-0.2, 0) is 9.53 Å². The highest BCUT2D eigenvalue weighted by Gasteiger charge is 2.23. The van der Waals surface area contributed by atoms with Crippen LogP contribution in [0.5, 0.6) is 0 Å². The molecule has 5 nitrogen and oxygen atoms in total. The number of carbonyl (C=O) groups is 2. The zero-order valence-electron chi connectivity index (χ0n) is 10.3. The molecule has 0 unspecified atom stereocenters. The average Bonchev–Trinajstić information content (AvgIpc) is 2.85. The first-order valence-electron chi connectivity index (χ1n) is 6.10. The predicted molar refractivity (Wildman–Crippen MR) is 67.9 cm³/mol. The van der Waals surface area contributed by atoms with E-state index in [4.69, 9.17) is 9.15 Å². The van der Waals surface area contributed by atoms with E-state index in [0.29, 0.717) is 24.3 Å². The lowest BCUT2D eigenvalue weighted by Crippen LogP contribution is -2.44. The molecule has 0 atom stereocenters. The first-order chi connectivity index (χ1) is 9.25. The number of furan rings is 1. The summed E-state index contributed by atoms with van der Waals surface area (Å²) in [7, 11) is 0. The van der Waals surface area contributed by atoms with Crippen LogP contribution in [-0.4, -0.2) is 42.9 Å². The van der Waals surface area contributed by atoms with E-state index < -0.39 is 0 Å². The van der Waals surface area contributed by atoms with Gasteiger partial charge in [0, 0.05) is 11.9 Å². The van der Waals surface area contributed by atoms with Gasteiger partial charge in [-0.3, -0.25) is 9.59 Å². The van der Waals surface area contributed by atoms with Gasteiger partial charge in [0.2, 0.25) is 5.91 Å². The lowest BCUT2D eigenvalue weighted by atomic mass is 10.1. The molecule has 3 rings (SSSR count). The number of ether oxygens (including phenoxy) is 1. The Bertz CT molecular complexity index is 631. The molecule has 1 aliphatic heterocycles. The summed E-state index contributed by atoms with van der Waals surface area (Å²) < 4.78 is 10.4. The van der Waals surface area contributed by atoms with Gasteiger partial charge >= 0.3 is 0 Å². The van der Waals surface area contributed by atoms with E-state index in [-0.39, 0.29) is 24.8 Å². The molecule has 1 aromatic heterocycles. The number of ketones is 1. The third-order valence-corrected chi connectivity index (χ3v) is 3.20. The van der Waals surface area contributed by atoms with Gasteiger partial charge in [0.25, 0.3) is 0 Å². The van der Waals surface area contributed by atoms with Gasteiger partial charge in [0.05, 0.1) is 18.7 Å². The van der Waals surface area contributed by atoms with Crippen molar-refractivity contribution in [2.45, 2.75) is 0 Å². The van der Waals surface area contributed by atoms with E-state index in [1.807, 2.05) is 24.3 Å². The highest BCUT2D eigenvalue weighted by atomic mass is 16.5. The summed E-state index contributed by atoms with van der Waals surface area (Å²) in [6.07, 6.45) is 1.46. The average molecular weight is 259 g/mol. The lowest BCUT2D eigenvalue weighted by Gasteiger charge is -2.25. The summed E-state index contributed by atoms with van der Waals surface area (Å²) in [4.78, 5) is 25.3. The second-order valence-corrected chi connectivity index (χ2v) is 4.44. The van der Waals surface area contributed by atoms with Crippen molar-refractivity contribution in [3.63, 3.8) is 0 Å². The monoisotopic (exact) mass is 259 g/mol. The Morgan fingerprint density at radius 3 is 3.00 bits per heavy atom. The van der Waals surface area contributed by atoms with E-state index in [2.05, 4.69) is 0 Å². The van der Waals surface area contributed by atoms with E-state index in [0.717, 1.165) is 5.39 Å². The molecule has 0 aliphatic carbocycles. The number of morpholine rings is 1. The van der Waals surface area contributed by atoms with Crippen molar-refractivity contribution < 1.29 is 18.7 Å². The van der Waals surface area contributed by atoms with Crippen molar-refractivity contribution in [1.29, 1.82) is 0 Å². The number of carbonyl (C=O) groups excluding carboxylic acids is 2. The van der Waals surface area contributed by atoms with Gasteiger partial charge in [-0.15, -0.1) is 0 Å². The smallest absolute Gasteiger partial charge is 0.249 e. The Labute approximate surface area is 109 Å². The molecule has 0 spiro atoms. The van der Waals surface area contributed by atoms with Crippen LogP contribution in [0.4, 0.5) is 0 Å². The molecule has 1 amide bonds. The molecular formula is C14H13NO4. The van der Waals surface area contributed by atoms with Crippen LogP contribution >= 0.6 is 0 Å². The van der Waals surface area contributed by atoms with Crippen molar-refractivity contribution in [3.8, 4) is 0 Å². The first-order valence-corrected chi connectivity index (χ1v) is 6.10. The van der Waals surface area contributed by atoms with E-state index in [1.54, 1.807) is 0 Å². The Kier molecular flexibility index (Phi) is 3.05. The maximum atomic E-state index is 12.2. The molecule has 1 aromatic carbocycles. The van der Waals surface area contributed by atoms with E-state index >= 15 is 0 Å². The summed E-state index contributed by atoms with van der Waals surface area (Å²) >= 11 is 0. The van der Waals surface area contributed by atoms with Gasteiger partial charge in [0.15, 0.2) is 5.78 Å². The molecule has 0 radical (unpaired) electrons. The molecule has 19 heavy (non-hydrogen) atoms. The molecule has 5 heteroatoms. The molecule has 1 aliphatic rings. The molecule has 1 saturated heterocycles. The van der Waals surface area contributed by atoms with Crippen LogP contribution < -0.4 is 0 Å². The first kappa shape index (κ1) is 11.9. The standard InChI is InChI=1S/C14H13NO4/c16-12(7-15-5-6-18-9-14(15)17)11-8-19-13-4-2-1-3-10(11)13/h1-4,8H,5-7,9H2. The van der Waals surface area contributed by atoms with Crippen LogP contribution in [0.3, 0.4) is 0 Å². The van der Waals surface area contributed by atoms with Crippen molar-refractivity contribution in [2.75, 3.05) is 26.3 Å². The zero-order chi connectivity index (χ0) is 13.2. The number of hydrogen-bond donors (Lipinski definition) is 0. The number of rotatable bonds is 3. The molecule has 0 saturated carbocycles. The van der Waals surface area contributed by atoms with Crippen LogP contribution in [0.25, 0.3) is 11.0 Å². The number of benzene rings is 1. The Hall–Kier alpha value is -2.14. The summed E-state index contributed by atoms with van der Waals surface area (Å²) in [6.45, 7) is 1.07. The van der Waals surface area contributed by atoms with Crippen molar-refractivity contribution >= 4 is 22.7 Å². The molecule has 98 valence electrons. The molecular weight excluding hydrogens is 246 g/mol. The lowest BCUT2D eigenvalue weighted by molar-refractivity contribution is -0.141. The highest BCUT2D eigenvalue weighted by molar-refractivity contribution is 6.08. The molecule has 1 fully saturated rings. The van der Waals surface area contributed by atoms with Crippen LogP contribution in [0.2, 0.25) is 0 Å². The van der Waals surface area contributed by atoms with Gasteiger partial charge < -0.3 is 14.1 Å². The van der Waals surface area contributed by atoms with Crippen LogP contribution in [0.1, 0.15) is 10.4 Å². The summed E-state index contributed by atoms with van der Waals surface area (Å²) in [5, 5.41) is 0.785. The topological polar surface area (TPSA) is 59.8 Å². The maximum absolute atomic E-state index is 12.2. The van der Waals surface area contributed by atoms with Crippen molar-refractivity contribution in [1.82, 2.24) is 4.90 Å². The quantitative estimate of drug-likeness (QED) is 0.783. The maximum Gasteiger partial charge on any atom is 0.249 e. The third kappa shape index (κ3) is 2.24. The summed E-state index contributed by atoms with van der Waals surface area (Å²) in [6, 6.07) is 7.36. The minimum absolute atomic E-state index is 0.0550. The van der Waals surface area contributed by atoms with E-state index in [9.17, 15) is 9.59 Å². The minimum Gasteiger partial charge on any atom is -0.464 e. The second kappa shape index (κ2) is 4.85. The summed E-state index contributed by atoms with van der Waals surface area (Å²) in [5.41, 5.74) is 1.20. The summed E-state index contributed by atoms with van der Waals surface area (Å²) in [5.74, 6) is -0.257. The van der Waals surface area contributed by atoms with Crippen LogP contribution in [0.15, 0.2) is 34.9 Å². The fourth-order valence-corrected chi connectivity index (χ4v) is 2.17. The fourth-order valence-electron chi connectivity index (χ4n) is 2.17. The zero-order valence-corrected chi connectivity index (χ0v) is 10.3. The SMILES string of the molecule is O=C(CN1CCOCC1=O)c1coc2ccccc12. The van der Waals surface area contributed by atoms with E-state index in [1.165, 1.54) is 11.2 Å². The number of hydrogen-bond acceptors (Lipinski definition) is 4. The molecule has 2 aromatic rings.